The zero-order valence-electron chi connectivity index (χ0n) is 12.0. The Bertz CT molecular complexity index is 911. The van der Waals surface area contributed by atoms with E-state index in [9.17, 15) is 14.9 Å². The van der Waals surface area contributed by atoms with Gasteiger partial charge in [0.2, 0.25) is 0 Å². The summed E-state index contributed by atoms with van der Waals surface area (Å²) in [5.74, 6) is 0.784. The van der Waals surface area contributed by atoms with Gasteiger partial charge in [0.1, 0.15) is 5.82 Å². The average molecular weight is 298 g/mol. The second-order valence-electron chi connectivity index (χ2n) is 5.00. The molecule has 0 aliphatic carbocycles. The molecule has 7 heteroatoms. The van der Waals surface area contributed by atoms with E-state index in [1.54, 1.807) is 29.0 Å². The van der Waals surface area contributed by atoms with Gasteiger partial charge in [0, 0.05) is 44.4 Å². The lowest BCUT2D eigenvalue weighted by molar-refractivity contribution is -0.384. The molecule has 2 heterocycles. The van der Waals surface area contributed by atoms with E-state index in [-0.39, 0.29) is 11.2 Å². The molecule has 0 saturated heterocycles. The van der Waals surface area contributed by atoms with E-state index < -0.39 is 4.92 Å². The maximum atomic E-state index is 11.7. The van der Waals surface area contributed by atoms with Crippen LogP contribution in [0.1, 0.15) is 5.82 Å². The molecule has 0 unspecified atom stereocenters. The predicted octanol–water partition coefficient (Wildman–Crippen LogP) is 1.89. The van der Waals surface area contributed by atoms with Gasteiger partial charge in [-0.3, -0.25) is 14.9 Å². The number of aromatic nitrogens is 3. The summed E-state index contributed by atoms with van der Waals surface area (Å²) in [6.07, 6.45) is 2.30. The van der Waals surface area contributed by atoms with Gasteiger partial charge in [-0.15, -0.1) is 0 Å². The number of imidazole rings is 1. The molecule has 0 bridgehead atoms. The minimum atomic E-state index is -0.433. The molecule has 0 aliphatic heterocycles. The molecular formula is C15H14N4O3. The standard InChI is InChI=1S/C15H14N4O3/c1-17-13-6-5-11(19(21)22)10-12(13)16-14(17)7-9-18-8-3-2-4-15(18)20/h2-6,8,10H,7,9H2,1H3. The van der Waals surface area contributed by atoms with Gasteiger partial charge in [-0.1, -0.05) is 6.07 Å². The molecule has 0 amide bonds. The molecule has 0 spiro atoms. The first-order chi connectivity index (χ1) is 10.6. The van der Waals surface area contributed by atoms with Crippen molar-refractivity contribution in [2.24, 2.45) is 7.05 Å². The van der Waals surface area contributed by atoms with Crippen LogP contribution in [0.25, 0.3) is 11.0 Å². The summed E-state index contributed by atoms with van der Waals surface area (Å²) in [6.45, 7) is 0.513. The monoisotopic (exact) mass is 298 g/mol. The van der Waals surface area contributed by atoms with E-state index in [1.807, 2.05) is 11.6 Å². The fraction of sp³-hybridized carbons (Fsp3) is 0.200. The number of benzene rings is 1. The Morgan fingerprint density at radius 3 is 2.82 bits per heavy atom. The SMILES string of the molecule is Cn1c(CCn2ccccc2=O)nc2cc([N+](=O)[O-])ccc21. The summed E-state index contributed by atoms with van der Waals surface area (Å²) in [4.78, 5) is 26.5. The topological polar surface area (TPSA) is 83.0 Å². The number of nitro groups is 1. The first kappa shape index (κ1) is 14.0. The van der Waals surface area contributed by atoms with E-state index in [0.717, 1.165) is 11.3 Å². The number of fused-ring (bicyclic) bond motifs is 1. The smallest absolute Gasteiger partial charge is 0.271 e. The summed E-state index contributed by atoms with van der Waals surface area (Å²) in [5.41, 5.74) is 1.39. The Morgan fingerprint density at radius 2 is 2.09 bits per heavy atom. The largest absolute Gasteiger partial charge is 0.331 e. The van der Waals surface area contributed by atoms with Crippen molar-refractivity contribution in [3.63, 3.8) is 0 Å². The van der Waals surface area contributed by atoms with Crippen molar-refractivity contribution in [2.45, 2.75) is 13.0 Å². The average Bonchev–Trinajstić information content (AvgIpc) is 2.82. The van der Waals surface area contributed by atoms with Crippen LogP contribution in [0.2, 0.25) is 0 Å². The van der Waals surface area contributed by atoms with Gasteiger partial charge in [-0.2, -0.15) is 0 Å². The Balaban J connectivity index is 1.91. The van der Waals surface area contributed by atoms with Gasteiger partial charge < -0.3 is 9.13 Å². The van der Waals surface area contributed by atoms with Crippen molar-refractivity contribution in [2.75, 3.05) is 0 Å². The first-order valence-corrected chi connectivity index (χ1v) is 6.81. The van der Waals surface area contributed by atoms with Crippen molar-refractivity contribution < 1.29 is 4.92 Å². The van der Waals surface area contributed by atoms with Gasteiger partial charge in [0.05, 0.1) is 16.0 Å². The second-order valence-corrected chi connectivity index (χ2v) is 5.00. The molecule has 0 fully saturated rings. The third kappa shape index (κ3) is 2.48. The second kappa shape index (κ2) is 5.44. The van der Waals surface area contributed by atoms with Gasteiger partial charge >= 0.3 is 0 Å². The van der Waals surface area contributed by atoms with E-state index >= 15 is 0 Å². The lowest BCUT2D eigenvalue weighted by Crippen LogP contribution is -2.19. The molecule has 112 valence electrons. The number of aryl methyl sites for hydroxylation is 3. The lowest BCUT2D eigenvalue weighted by Gasteiger charge is -2.05. The molecule has 0 atom stereocenters. The number of pyridine rings is 1. The number of nitrogens with zero attached hydrogens (tertiary/aromatic N) is 4. The molecule has 0 saturated carbocycles. The highest BCUT2D eigenvalue weighted by atomic mass is 16.6. The predicted molar refractivity (Wildman–Crippen MR) is 81.8 cm³/mol. The van der Waals surface area contributed by atoms with Crippen molar-refractivity contribution in [3.8, 4) is 0 Å². The van der Waals surface area contributed by atoms with Gasteiger partial charge in [-0.25, -0.2) is 4.98 Å². The van der Waals surface area contributed by atoms with Crippen LogP contribution in [0, 0.1) is 10.1 Å². The summed E-state index contributed by atoms with van der Waals surface area (Å²) < 4.78 is 3.51. The maximum Gasteiger partial charge on any atom is 0.271 e. The highest BCUT2D eigenvalue weighted by Gasteiger charge is 2.12. The fourth-order valence-electron chi connectivity index (χ4n) is 2.44. The molecule has 2 aromatic heterocycles. The third-order valence-corrected chi connectivity index (χ3v) is 3.64. The van der Waals surface area contributed by atoms with Gasteiger partial charge in [0.15, 0.2) is 0 Å². The number of rotatable bonds is 4. The highest BCUT2D eigenvalue weighted by molar-refractivity contribution is 5.78. The summed E-state index contributed by atoms with van der Waals surface area (Å²) in [7, 11) is 1.87. The molecule has 0 N–H and O–H groups in total. The number of hydrogen-bond acceptors (Lipinski definition) is 4. The maximum absolute atomic E-state index is 11.7. The zero-order valence-corrected chi connectivity index (χ0v) is 12.0. The van der Waals surface area contributed by atoms with Crippen LogP contribution in [-0.4, -0.2) is 19.0 Å². The van der Waals surface area contributed by atoms with E-state index in [0.29, 0.717) is 18.5 Å². The van der Waals surface area contributed by atoms with Crippen LogP contribution < -0.4 is 5.56 Å². The van der Waals surface area contributed by atoms with Gasteiger partial charge in [0.25, 0.3) is 11.2 Å². The molecule has 7 nitrogen and oxygen atoms in total. The Hall–Kier alpha value is -2.96. The minimum Gasteiger partial charge on any atom is -0.331 e. The normalized spacial score (nSPS) is 11.0. The van der Waals surface area contributed by atoms with Crippen LogP contribution in [0.3, 0.4) is 0 Å². The molecule has 0 radical (unpaired) electrons. The van der Waals surface area contributed by atoms with Crippen molar-refractivity contribution in [1.82, 2.24) is 14.1 Å². The summed E-state index contributed by atoms with van der Waals surface area (Å²) in [6, 6.07) is 9.65. The number of nitro benzene ring substituents is 1. The van der Waals surface area contributed by atoms with Crippen molar-refractivity contribution >= 4 is 16.7 Å². The Kier molecular flexibility index (Phi) is 3.46. The molecule has 0 aliphatic rings. The van der Waals surface area contributed by atoms with Crippen LogP contribution in [-0.2, 0) is 20.0 Å². The van der Waals surface area contributed by atoms with E-state index in [1.165, 1.54) is 18.2 Å². The Morgan fingerprint density at radius 1 is 1.27 bits per heavy atom. The first-order valence-electron chi connectivity index (χ1n) is 6.81. The molecule has 1 aromatic carbocycles. The van der Waals surface area contributed by atoms with Gasteiger partial charge in [-0.05, 0) is 12.1 Å². The van der Waals surface area contributed by atoms with E-state index in [4.69, 9.17) is 0 Å². The van der Waals surface area contributed by atoms with Crippen LogP contribution in [0.15, 0.2) is 47.4 Å². The minimum absolute atomic E-state index is 0.0245. The Labute approximate surface area is 125 Å². The lowest BCUT2D eigenvalue weighted by atomic mass is 10.3. The quantitative estimate of drug-likeness (QED) is 0.544. The highest BCUT2D eigenvalue weighted by Crippen LogP contribution is 2.21. The number of non-ortho nitro benzene ring substituents is 1. The molecule has 3 rings (SSSR count). The molecular weight excluding hydrogens is 284 g/mol. The van der Waals surface area contributed by atoms with E-state index in [2.05, 4.69) is 4.98 Å². The van der Waals surface area contributed by atoms with Crippen LogP contribution in [0.5, 0.6) is 0 Å². The molecule has 3 aromatic rings. The van der Waals surface area contributed by atoms with Crippen LogP contribution >= 0.6 is 0 Å². The number of hydrogen-bond donors (Lipinski definition) is 0. The summed E-state index contributed by atoms with van der Waals surface area (Å²) in [5, 5.41) is 10.8. The summed E-state index contributed by atoms with van der Waals surface area (Å²) >= 11 is 0. The fourth-order valence-corrected chi connectivity index (χ4v) is 2.44. The van der Waals surface area contributed by atoms with Crippen LogP contribution in [0.4, 0.5) is 5.69 Å². The zero-order chi connectivity index (χ0) is 15.7. The van der Waals surface area contributed by atoms with Crippen molar-refractivity contribution in [1.29, 1.82) is 0 Å². The molecule has 22 heavy (non-hydrogen) atoms. The van der Waals surface area contributed by atoms with Crippen molar-refractivity contribution in [3.05, 3.63) is 68.9 Å². The third-order valence-electron chi connectivity index (χ3n) is 3.64.